The van der Waals surface area contributed by atoms with E-state index in [1.54, 1.807) is 0 Å². The number of carbonyl (C=O) groups is 1. The smallest absolute Gasteiger partial charge is 0.315 e. The van der Waals surface area contributed by atoms with Crippen molar-refractivity contribution in [2.75, 3.05) is 26.2 Å². The molecule has 0 saturated carbocycles. The maximum atomic E-state index is 12.4. The van der Waals surface area contributed by atoms with Gasteiger partial charge in [0.25, 0.3) is 0 Å². The number of carbonyl (C=O) groups excluding carboxylic acids is 1. The number of hydrogen-bond donors (Lipinski definition) is 3. The van der Waals surface area contributed by atoms with E-state index < -0.39 is 0 Å². The van der Waals surface area contributed by atoms with Crippen molar-refractivity contribution in [2.45, 2.75) is 51.6 Å². The molecule has 3 N–H and O–H groups in total. The van der Waals surface area contributed by atoms with Crippen LogP contribution in [0.2, 0.25) is 0 Å². The van der Waals surface area contributed by atoms with E-state index in [4.69, 9.17) is 5.11 Å². The second kappa shape index (κ2) is 10.4. The summed E-state index contributed by atoms with van der Waals surface area (Å²) in [6, 6.07) is 10.1. The van der Waals surface area contributed by atoms with E-state index >= 15 is 0 Å². The van der Waals surface area contributed by atoms with Crippen LogP contribution in [0.25, 0.3) is 0 Å². The van der Waals surface area contributed by atoms with Gasteiger partial charge in [-0.2, -0.15) is 0 Å². The average Bonchev–Trinajstić information content (AvgIpc) is 2.60. The largest absolute Gasteiger partial charge is 0.396 e. The zero-order chi connectivity index (χ0) is 18.1. The molecule has 140 valence electrons. The maximum absolute atomic E-state index is 12.4. The molecule has 0 aliphatic carbocycles. The van der Waals surface area contributed by atoms with Gasteiger partial charge in [-0.15, -0.1) is 0 Å². The second-order valence-corrected chi connectivity index (χ2v) is 7.42. The predicted octanol–water partition coefficient (Wildman–Crippen LogP) is 2.92. The molecular formula is C20H33N3O2. The molecule has 1 unspecified atom stereocenters. The molecule has 1 saturated heterocycles. The Morgan fingerprint density at radius 1 is 1.24 bits per heavy atom. The van der Waals surface area contributed by atoms with E-state index in [0.717, 1.165) is 44.5 Å². The van der Waals surface area contributed by atoms with E-state index in [1.165, 1.54) is 0 Å². The minimum absolute atomic E-state index is 0.0608. The fourth-order valence-corrected chi connectivity index (χ4v) is 3.46. The van der Waals surface area contributed by atoms with E-state index in [9.17, 15) is 4.79 Å². The highest BCUT2D eigenvalue weighted by Crippen LogP contribution is 2.18. The Labute approximate surface area is 151 Å². The Morgan fingerprint density at radius 2 is 1.92 bits per heavy atom. The number of likely N-dealkylation sites (tertiary alicyclic amines) is 1. The van der Waals surface area contributed by atoms with Crippen LogP contribution in [0.5, 0.6) is 0 Å². The third kappa shape index (κ3) is 7.04. The SMILES string of the molecule is CC(C)CN1CCC(NC(=O)NC(CCCO)c2ccccc2)CC1. The summed E-state index contributed by atoms with van der Waals surface area (Å²) in [7, 11) is 0. The highest BCUT2D eigenvalue weighted by Gasteiger charge is 2.22. The standard InChI is InChI=1S/C20H33N3O2/c1-16(2)15-23-12-10-18(11-13-23)21-20(25)22-19(9-6-14-24)17-7-4-3-5-8-17/h3-5,7-8,16,18-19,24H,6,9-15H2,1-2H3,(H2,21,22,25). The van der Waals surface area contributed by atoms with Crippen LogP contribution in [0.1, 0.15) is 51.1 Å². The van der Waals surface area contributed by atoms with Crippen LogP contribution in [0.3, 0.4) is 0 Å². The Kier molecular flexibility index (Phi) is 8.22. The van der Waals surface area contributed by atoms with Gasteiger partial charge in [0.2, 0.25) is 0 Å². The lowest BCUT2D eigenvalue weighted by atomic mass is 10.0. The molecule has 1 fully saturated rings. The molecule has 0 radical (unpaired) electrons. The lowest BCUT2D eigenvalue weighted by Crippen LogP contribution is -2.49. The highest BCUT2D eigenvalue weighted by molar-refractivity contribution is 5.74. The molecule has 5 nitrogen and oxygen atoms in total. The molecule has 25 heavy (non-hydrogen) atoms. The first-order valence-corrected chi connectivity index (χ1v) is 9.53. The van der Waals surface area contributed by atoms with Crippen LogP contribution in [0.15, 0.2) is 30.3 Å². The first-order chi connectivity index (χ1) is 12.1. The predicted molar refractivity (Wildman–Crippen MR) is 101 cm³/mol. The molecule has 2 rings (SSSR count). The first kappa shape index (κ1) is 19.7. The minimum atomic E-state index is -0.103. The van der Waals surface area contributed by atoms with Gasteiger partial charge in [0.05, 0.1) is 6.04 Å². The minimum Gasteiger partial charge on any atom is -0.396 e. The number of nitrogens with zero attached hydrogens (tertiary/aromatic N) is 1. The molecule has 0 spiro atoms. The van der Waals surface area contributed by atoms with Gasteiger partial charge in [-0.1, -0.05) is 44.2 Å². The van der Waals surface area contributed by atoms with E-state index in [2.05, 4.69) is 29.4 Å². The molecule has 1 atom stereocenters. The number of hydrogen-bond acceptors (Lipinski definition) is 3. The van der Waals surface area contributed by atoms with Gasteiger partial charge in [0.1, 0.15) is 0 Å². The molecule has 0 aromatic heterocycles. The summed E-state index contributed by atoms with van der Waals surface area (Å²) in [5.74, 6) is 0.686. The Morgan fingerprint density at radius 3 is 2.52 bits per heavy atom. The number of aliphatic hydroxyl groups is 1. The molecule has 5 heteroatoms. The number of nitrogens with one attached hydrogen (secondary N) is 2. The van der Waals surface area contributed by atoms with Gasteiger partial charge in [-0.05, 0) is 37.2 Å². The summed E-state index contributed by atoms with van der Waals surface area (Å²) in [5, 5.41) is 15.3. The van der Waals surface area contributed by atoms with Crippen molar-refractivity contribution in [2.24, 2.45) is 5.92 Å². The molecule has 0 bridgehead atoms. The third-order valence-corrected chi connectivity index (χ3v) is 4.70. The summed E-state index contributed by atoms with van der Waals surface area (Å²) in [6.07, 6.45) is 3.42. The topological polar surface area (TPSA) is 64.6 Å². The van der Waals surface area contributed by atoms with Crippen LogP contribution in [0, 0.1) is 5.92 Å². The normalized spacial score (nSPS) is 17.4. The number of benzene rings is 1. The average molecular weight is 348 g/mol. The van der Waals surface area contributed by atoms with Gasteiger partial charge in [0.15, 0.2) is 0 Å². The summed E-state index contributed by atoms with van der Waals surface area (Å²) in [4.78, 5) is 14.9. The number of aliphatic hydroxyl groups excluding tert-OH is 1. The number of rotatable bonds is 8. The van der Waals surface area contributed by atoms with Crippen molar-refractivity contribution >= 4 is 6.03 Å². The molecule has 1 heterocycles. The van der Waals surface area contributed by atoms with Crippen molar-refractivity contribution in [3.8, 4) is 0 Å². The van der Waals surface area contributed by atoms with Gasteiger partial charge < -0.3 is 20.6 Å². The Hall–Kier alpha value is -1.59. The Balaban J connectivity index is 1.81. The molecule has 1 aliphatic heterocycles. The van der Waals surface area contributed by atoms with Crippen LogP contribution in [-0.4, -0.2) is 48.3 Å². The molecule has 1 aromatic carbocycles. The quantitative estimate of drug-likeness (QED) is 0.677. The van der Waals surface area contributed by atoms with Crippen LogP contribution in [0.4, 0.5) is 4.79 Å². The fourth-order valence-electron chi connectivity index (χ4n) is 3.46. The summed E-state index contributed by atoms with van der Waals surface area (Å²) in [6.45, 7) is 7.87. The first-order valence-electron chi connectivity index (χ1n) is 9.53. The van der Waals surface area contributed by atoms with Gasteiger partial charge >= 0.3 is 6.03 Å². The lowest BCUT2D eigenvalue weighted by Gasteiger charge is -2.33. The lowest BCUT2D eigenvalue weighted by molar-refractivity contribution is 0.177. The van der Waals surface area contributed by atoms with Crippen molar-refractivity contribution in [3.63, 3.8) is 0 Å². The summed E-state index contributed by atoms with van der Waals surface area (Å²) >= 11 is 0. The van der Waals surface area contributed by atoms with Crippen molar-refractivity contribution < 1.29 is 9.90 Å². The van der Waals surface area contributed by atoms with Crippen LogP contribution >= 0.6 is 0 Å². The monoisotopic (exact) mass is 347 g/mol. The van der Waals surface area contributed by atoms with Crippen LogP contribution < -0.4 is 10.6 Å². The third-order valence-electron chi connectivity index (χ3n) is 4.70. The molecule has 1 aliphatic rings. The Bertz CT molecular complexity index is 499. The van der Waals surface area contributed by atoms with E-state index in [-0.39, 0.29) is 24.7 Å². The number of amides is 2. The van der Waals surface area contributed by atoms with Crippen LogP contribution in [-0.2, 0) is 0 Å². The molecular weight excluding hydrogens is 314 g/mol. The van der Waals surface area contributed by atoms with E-state index in [1.807, 2.05) is 30.3 Å². The van der Waals surface area contributed by atoms with Crippen molar-refractivity contribution in [1.82, 2.24) is 15.5 Å². The molecule has 2 amide bonds. The summed E-state index contributed by atoms with van der Waals surface area (Å²) < 4.78 is 0. The fraction of sp³-hybridized carbons (Fsp3) is 0.650. The van der Waals surface area contributed by atoms with Gasteiger partial charge in [-0.25, -0.2) is 4.79 Å². The maximum Gasteiger partial charge on any atom is 0.315 e. The van der Waals surface area contributed by atoms with Crippen molar-refractivity contribution in [1.29, 1.82) is 0 Å². The summed E-state index contributed by atoms with van der Waals surface area (Å²) in [5.41, 5.74) is 1.08. The van der Waals surface area contributed by atoms with Crippen molar-refractivity contribution in [3.05, 3.63) is 35.9 Å². The van der Waals surface area contributed by atoms with Gasteiger partial charge in [0, 0.05) is 32.3 Å². The number of urea groups is 1. The zero-order valence-corrected chi connectivity index (χ0v) is 15.6. The highest BCUT2D eigenvalue weighted by atomic mass is 16.3. The zero-order valence-electron chi connectivity index (χ0n) is 15.6. The number of piperidine rings is 1. The second-order valence-electron chi connectivity index (χ2n) is 7.42. The van der Waals surface area contributed by atoms with Gasteiger partial charge in [-0.3, -0.25) is 0 Å². The van der Waals surface area contributed by atoms with E-state index in [0.29, 0.717) is 12.3 Å². The molecule has 1 aromatic rings.